The number of benzene rings is 4. The van der Waals surface area contributed by atoms with Gasteiger partial charge in [-0.05, 0) is 60.2 Å². The minimum atomic E-state index is -0.654. The zero-order valence-corrected chi connectivity index (χ0v) is 22.8. The van der Waals surface area contributed by atoms with E-state index >= 15 is 0 Å². The van der Waals surface area contributed by atoms with Gasteiger partial charge in [0.1, 0.15) is 18.0 Å². The van der Waals surface area contributed by atoms with Crippen molar-refractivity contribution in [3.8, 4) is 17.3 Å². The summed E-state index contributed by atoms with van der Waals surface area (Å²) in [5.41, 5.74) is 0.728. The van der Waals surface area contributed by atoms with Crippen LogP contribution in [-0.4, -0.2) is 20.8 Å². The van der Waals surface area contributed by atoms with Crippen molar-refractivity contribution in [2.45, 2.75) is 6.61 Å². The number of ether oxygens (including phenoxy) is 1. The molecule has 0 amide bonds. The normalized spacial score (nSPS) is 11.5. The fourth-order valence-corrected chi connectivity index (χ4v) is 4.83. The van der Waals surface area contributed by atoms with Gasteiger partial charge in [0.05, 0.1) is 27.1 Å². The molecule has 0 fully saturated rings. The number of nitro groups is 1. The van der Waals surface area contributed by atoms with Gasteiger partial charge in [-0.15, -0.1) is 0 Å². The first kappa shape index (κ1) is 27.1. The molecule has 0 radical (unpaired) electrons. The Labute approximate surface area is 246 Å². The predicted molar refractivity (Wildman–Crippen MR) is 158 cm³/mol. The molecule has 9 nitrogen and oxygen atoms in total. The molecule has 0 unspecified atom stereocenters. The van der Waals surface area contributed by atoms with E-state index in [1.54, 1.807) is 54.6 Å². The lowest BCUT2D eigenvalue weighted by Gasteiger charge is -2.10. The van der Waals surface area contributed by atoms with Crippen molar-refractivity contribution in [2.24, 2.45) is 5.10 Å². The Morgan fingerprint density at radius 3 is 2.69 bits per heavy atom. The summed E-state index contributed by atoms with van der Waals surface area (Å²) in [5.74, 6) is -0.281. The number of hydrogen-bond acceptors (Lipinski definition) is 7. The molecule has 0 aliphatic rings. The molecular formula is C30H17Cl2FN4O5. The van der Waals surface area contributed by atoms with Crippen LogP contribution in [0.25, 0.3) is 33.5 Å². The number of aromatic nitrogens is 2. The molecule has 2 heterocycles. The van der Waals surface area contributed by atoms with E-state index in [4.69, 9.17) is 32.4 Å². The van der Waals surface area contributed by atoms with Crippen LogP contribution in [0.1, 0.15) is 11.1 Å². The fraction of sp³-hybridized carbons (Fsp3) is 0.0333. The first-order valence-corrected chi connectivity index (χ1v) is 13.1. The Kier molecular flexibility index (Phi) is 7.15. The zero-order valence-electron chi connectivity index (χ0n) is 21.3. The lowest BCUT2D eigenvalue weighted by molar-refractivity contribution is -0.385. The molecule has 0 atom stereocenters. The van der Waals surface area contributed by atoms with Gasteiger partial charge in [-0.3, -0.25) is 14.9 Å². The number of nitrogens with zero attached hydrogens (tertiary/aromatic N) is 4. The first-order chi connectivity index (χ1) is 20.3. The maximum atomic E-state index is 13.5. The van der Waals surface area contributed by atoms with Crippen molar-refractivity contribution in [1.29, 1.82) is 0 Å². The van der Waals surface area contributed by atoms with Gasteiger partial charge in [-0.2, -0.15) is 9.78 Å². The van der Waals surface area contributed by atoms with Crippen LogP contribution in [0.4, 0.5) is 10.1 Å². The minimum absolute atomic E-state index is 0.0691. The SMILES string of the molecule is O=c1c2ccccc2nc(-c2cc3cc(Cl)ccc3o2)n1N=Cc1cc(Cl)c(OCc2cccc(F)c2)c([N+](=O)[O-])c1. The second-order valence-corrected chi connectivity index (χ2v) is 9.98. The smallest absolute Gasteiger partial charge is 0.313 e. The number of halogens is 3. The molecule has 0 spiro atoms. The monoisotopic (exact) mass is 602 g/mol. The van der Waals surface area contributed by atoms with E-state index in [2.05, 4.69) is 10.1 Å². The molecule has 0 saturated heterocycles. The number of para-hydroxylation sites is 1. The minimum Gasteiger partial charge on any atom is -0.481 e. The highest BCUT2D eigenvalue weighted by atomic mass is 35.5. The summed E-state index contributed by atoms with van der Waals surface area (Å²) in [6.07, 6.45) is 1.25. The van der Waals surface area contributed by atoms with Crippen molar-refractivity contribution in [3.63, 3.8) is 0 Å². The molecule has 6 rings (SSSR count). The van der Waals surface area contributed by atoms with Crippen molar-refractivity contribution in [2.75, 3.05) is 0 Å². The maximum Gasteiger partial charge on any atom is 0.313 e. The number of fused-ring (bicyclic) bond motifs is 2. The second-order valence-electron chi connectivity index (χ2n) is 9.13. The average Bonchev–Trinajstić information content (AvgIpc) is 3.39. The third-order valence-electron chi connectivity index (χ3n) is 6.29. The molecule has 4 aromatic carbocycles. The van der Waals surface area contributed by atoms with Gasteiger partial charge in [0.25, 0.3) is 5.56 Å². The molecule has 208 valence electrons. The Bertz CT molecular complexity index is 2110. The Balaban J connectivity index is 1.42. The zero-order chi connectivity index (χ0) is 29.4. The molecule has 0 aliphatic carbocycles. The van der Waals surface area contributed by atoms with Gasteiger partial charge in [0.15, 0.2) is 5.76 Å². The summed E-state index contributed by atoms with van der Waals surface area (Å²) in [4.78, 5) is 29.4. The van der Waals surface area contributed by atoms with Crippen molar-refractivity contribution in [1.82, 2.24) is 9.66 Å². The highest BCUT2D eigenvalue weighted by Gasteiger charge is 2.21. The number of nitro benzene ring substituents is 1. The average molecular weight is 603 g/mol. The van der Waals surface area contributed by atoms with E-state index in [1.807, 2.05) is 0 Å². The van der Waals surface area contributed by atoms with Gasteiger partial charge in [0, 0.05) is 22.0 Å². The van der Waals surface area contributed by atoms with Crippen LogP contribution in [0.5, 0.6) is 5.75 Å². The topological polar surface area (TPSA) is 113 Å². The molecular weight excluding hydrogens is 586 g/mol. The van der Waals surface area contributed by atoms with Gasteiger partial charge >= 0.3 is 5.69 Å². The molecule has 2 aromatic heterocycles. The Morgan fingerprint density at radius 2 is 1.88 bits per heavy atom. The summed E-state index contributed by atoms with van der Waals surface area (Å²) in [5, 5.41) is 17.7. The van der Waals surface area contributed by atoms with Gasteiger partial charge in [0.2, 0.25) is 11.6 Å². The molecule has 12 heteroatoms. The Hall–Kier alpha value is -5.06. The van der Waals surface area contributed by atoms with Gasteiger partial charge in [-0.25, -0.2) is 9.37 Å². The van der Waals surface area contributed by atoms with Crippen LogP contribution in [0.15, 0.2) is 99.2 Å². The number of furan rings is 1. The molecule has 42 heavy (non-hydrogen) atoms. The third-order valence-corrected chi connectivity index (χ3v) is 6.81. The van der Waals surface area contributed by atoms with Crippen molar-refractivity contribution < 1.29 is 18.5 Å². The number of rotatable bonds is 7. The fourth-order valence-electron chi connectivity index (χ4n) is 4.37. The lowest BCUT2D eigenvalue weighted by Crippen LogP contribution is -2.20. The summed E-state index contributed by atoms with van der Waals surface area (Å²) in [6.45, 7) is -0.143. The molecule has 0 bridgehead atoms. The van der Waals surface area contributed by atoms with Gasteiger partial charge in [-0.1, -0.05) is 47.5 Å². The van der Waals surface area contributed by atoms with Crippen molar-refractivity contribution >= 4 is 57.0 Å². The maximum absolute atomic E-state index is 13.5. The summed E-state index contributed by atoms with van der Waals surface area (Å²) < 4.78 is 26.1. The van der Waals surface area contributed by atoms with Gasteiger partial charge < -0.3 is 9.15 Å². The van der Waals surface area contributed by atoms with E-state index in [9.17, 15) is 19.3 Å². The van der Waals surface area contributed by atoms with Crippen LogP contribution >= 0.6 is 23.2 Å². The van der Waals surface area contributed by atoms with Crippen LogP contribution in [0.2, 0.25) is 10.0 Å². The molecule has 6 aromatic rings. The van der Waals surface area contributed by atoms with E-state index in [0.29, 0.717) is 32.5 Å². The van der Waals surface area contributed by atoms with E-state index in [0.717, 1.165) is 4.68 Å². The van der Waals surface area contributed by atoms with E-state index in [-0.39, 0.29) is 34.5 Å². The summed E-state index contributed by atoms with van der Waals surface area (Å²) in [7, 11) is 0. The highest BCUT2D eigenvalue weighted by molar-refractivity contribution is 6.32. The Morgan fingerprint density at radius 1 is 1.05 bits per heavy atom. The molecule has 0 N–H and O–H groups in total. The quantitative estimate of drug-likeness (QED) is 0.105. The first-order valence-electron chi connectivity index (χ1n) is 12.4. The van der Waals surface area contributed by atoms with Crippen molar-refractivity contribution in [3.05, 3.63) is 132 Å². The van der Waals surface area contributed by atoms with Crippen LogP contribution < -0.4 is 10.3 Å². The second kappa shape index (κ2) is 11.1. The highest BCUT2D eigenvalue weighted by Crippen LogP contribution is 2.36. The standard InChI is InChI=1S/C30H17Cl2FN4O5/c31-20-8-9-26-19(13-20)14-27(42-26)29-35-24-7-2-1-6-22(24)30(38)36(29)34-15-18-11-23(32)28(25(12-18)37(39)40)41-16-17-4-3-5-21(33)10-17/h1-15H,16H2. The van der Waals surface area contributed by atoms with Crippen LogP contribution in [0.3, 0.4) is 0 Å². The van der Waals surface area contributed by atoms with Crippen LogP contribution in [-0.2, 0) is 6.61 Å². The summed E-state index contributed by atoms with van der Waals surface area (Å²) >= 11 is 12.5. The third kappa shape index (κ3) is 5.32. The number of hydrogen-bond donors (Lipinski definition) is 0. The van der Waals surface area contributed by atoms with E-state index < -0.39 is 22.0 Å². The van der Waals surface area contributed by atoms with Crippen LogP contribution in [0, 0.1) is 15.9 Å². The molecule has 0 saturated carbocycles. The lowest BCUT2D eigenvalue weighted by atomic mass is 10.2. The summed E-state index contributed by atoms with van der Waals surface area (Å²) in [6, 6.07) is 21.8. The largest absolute Gasteiger partial charge is 0.481 e. The van der Waals surface area contributed by atoms with E-state index in [1.165, 1.54) is 36.5 Å². The predicted octanol–water partition coefficient (Wildman–Crippen LogP) is 7.63. The molecule has 0 aliphatic heterocycles.